The van der Waals surface area contributed by atoms with Crippen molar-refractivity contribution in [1.29, 1.82) is 0 Å². The van der Waals surface area contributed by atoms with Crippen LogP contribution >= 0.6 is 11.8 Å². The number of rotatable bonds is 8. The largest absolute Gasteiger partial charge is 0.467 e. The maximum atomic E-state index is 14.1. The van der Waals surface area contributed by atoms with Crippen molar-refractivity contribution in [3.8, 4) is 0 Å². The van der Waals surface area contributed by atoms with Crippen molar-refractivity contribution in [3.63, 3.8) is 0 Å². The number of methoxy groups -OCH3 is 1. The third-order valence-electron chi connectivity index (χ3n) is 10.0. The van der Waals surface area contributed by atoms with Crippen molar-refractivity contribution < 1.29 is 23.9 Å². The molecule has 0 bridgehead atoms. The second kappa shape index (κ2) is 14.3. The summed E-state index contributed by atoms with van der Waals surface area (Å²) < 4.78 is 5.25. The number of nitrogens with one attached hydrogen (secondary N) is 1. The number of likely N-dealkylation sites (tertiary alicyclic amines) is 1. The first kappa shape index (κ1) is 31.5. The van der Waals surface area contributed by atoms with E-state index in [1.54, 1.807) is 4.90 Å². The first-order valence-corrected chi connectivity index (χ1v) is 17.4. The topological polar surface area (TPSA) is 99.3 Å². The van der Waals surface area contributed by atoms with Crippen LogP contribution in [0.3, 0.4) is 0 Å². The Morgan fingerprint density at radius 3 is 2.38 bits per heavy atom. The molecule has 4 amide bonds. The van der Waals surface area contributed by atoms with Gasteiger partial charge in [-0.15, -0.1) is 11.8 Å². The second-order valence-electron chi connectivity index (χ2n) is 12.8. The molecule has 10 heteroatoms. The number of hydrogen-bond donors (Lipinski definition) is 1. The van der Waals surface area contributed by atoms with Crippen LogP contribution < -0.4 is 5.32 Å². The molecular formula is C35H44N4O5S. The minimum absolute atomic E-state index is 0.0532. The molecule has 2 aromatic carbocycles. The van der Waals surface area contributed by atoms with Gasteiger partial charge in [0.1, 0.15) is 11.4 Å². The van der Waals surface area contributed by atoms with Gasteiger partial charge in [-0.2, -0.15) is 0 Å². The van der Waals surface area contributed by atoms with E-state index in [4.69, 9.17) is 4.74 Å². The van der Waals surface area contributed by atoms with Crippen molar-refractivity contribution in [2.45, 2.75) is 86.9 Å². The average Bonchev–Trinajstić information content (AvgIpc) is 3.29. The van der Waals surface area contributed by atoms with E-state index in [1.165, 1.54) is 25.3 Å². The van der Waals surface area contributed by atoms with Crippen molar-refractivity contribution in [2.75, 3.05) is 32.1 Å². The summed E-state index contributed by atoms with van der Waals surface area (Å²) in [5.74, 6) is -0.226. The summed E-state index contributed by atoms with van der Waals surface area (Å²) in [5, 5.41) is 2.12. The van der Waals surface area contributed by atoms with Crippen LogP contribution in [0.2, 0.25) is 0 Å². The highest BCUT2D eigenvalue weighted by molar-refractivity contribution is 8.01. The summed E-state index contributed by atoms with van der Waals surface area (Å²) in [6.45, 7) is 1.74. The standard InChI is InChI=1S/C35H44N4O5S/c1-44-34(42)29(22-24-10-4-2-5-11-24)39-32(41)30(45-33(39)26-13-6-3-7-14-26)23-31(40)37-19-17-27(18-20-37)38-21-16-25-12-8-9-15-28(25)36-35(38)43/h3,6-9,12-15,24,27,29-30,33H,2,4-5,10-11,16-23H2,1H3,(H,36,43)/t29-,30?,33?/m0/s1. The molecule has 2 aromatic rings. The lowest BCUT2D eigenvalue weighted by Gasteiger charge is -2.38. The molecule has 0 spiro atoms. The molecule has 45 heavy (non-hydrogen) atoms. The Morgan fingerprint density at radius 2 is 1.64 bits per heavy atom. The van der Waals surface area contributed by atoms with Gasteiger partial charge in [0.25, 0.3) is 0 Å². The third kappa shape index (κ3) is 7.00. The molecule has 3 aliphatic heterocycles. The molecule has 4 aliphatic rings. The van der Waals surface area contributed by atoms with Gasteiger partial charge in [-0.25, -0.2) is 9.59 Å². The summed E-state index contributed by atoms with van der Waals surface area (Å²) >= 11 is 1.47. The smallest absolute Gasteiger partial charge is 0.328 e. The SMILES string of the molecule is COC(=O)[C@H](CC1CCCCC1)N1C(=O)C(CC(=O)N2CCC(N3CCc4ccccc4NC3=O)CC2)SC1c1ccccc1. The number of piperidine rings is 1. The Hall–Kier alpha value is -3.53. The number of esters is 1. The van der Waals surface area contributed by atoms with E-state index in [1.807, 2.05) is 58.3 Å². The highest BCUT2D eigenvalue weighted by Gasteiger charge is 2.48. The van der Waals surface area contributed by atoms with Crippen molar-refractivity contribution in [3.05, 3.63) is 65.7 Å². The third-order valence-corrected chi connectivity index (χ3v) is 11.5. The van der Waals surface area contributed by atoms with Gasteiger partial charge < -0.3 is 24.8 Å². The van der Waals surface area contributed by atoms with Gasteiger partial charge in [0, 0.05) is 37.8 Å². The highest BCUT2D eigenvalue weighted by atomic mass is 32.2. The zero-order valence-electron chi connectivity index (χ0n) is 26.1. The average molecular weight is 633 g/mol. The summed E-state index contributed by atoms with van der Waals surface area (Å²) in [4.78, 5) is 59.5. The van der Waals surface area contributed by atoms with Gasteiger partial charge in [-0.1, -0.05) is 80.6 Å². The predicted molar refractivity (Wildman–Crippen MR) is 174 cm³/mol. The Morgan fingerprint density at radius 1 is 0.933 bits per heavy atom. The van der Waals surface area contributed by atoms with E-state index < -0.39 is 11.3 Å². The maximum Gasteiger partial charge on any atom is 0.328 e. The number of thioether (sulfide) groups is 1. The number of urea groups is 1. The number of carbonyl (C=O) groups is 4. The van der Waals surface area contributed by atoms with Gasteiger partial charge in [-0.3, -0.25) is 9.59 Å². The Kier molecular flexibility index (Phi) is 9.97. The summed E-state index contributed by atoms with van der Waals surface area (Å²) in [6.07, 6.45) is 8.49. The van der Waals surface area contributed by atoms with Crippen LogP contribution in [0.5, 0.6) is 0 Å². The number of nitrogens with zero attached hydrogens (tertiary/aromatic N) is 3. The number of ether oxygens (including phenoxy) is 1. The molecule has 1 saturated carbocycles. The van der Waals surface area contributed by atoms with Crippen LogP contribution in [-0.4, -0.2) is 82.6 Å². The fraction of sp³-hybridized carbons (Fsp3) is 0.543. The zero-order valence-corrected chi connectivity index (χ0v) is 26.9. The van der Waals surface area contributed by atoms with E-state index >= 15 is 0 Å². The van der Waals surface area contributed by atoms with Crippen LogP contribution in [0.4, 0.5) is 10.5 Å². The van der Waals surface area contributed by atoms with Gasteiger partial charge in [0.05, 0.1) is 12.4 Å². The first-order valence-electron chi connectivity index (χ1n) is 16.5. The molecule has 1 N–H and O–H groups in total. The molecular weight excluding hydrogens is 588 g/mol. The molecule has 3 atom stereocenters. The van der Waals surface area contributed by atoms with Crippen molar-refractivity contribution in [1.82, 2.24) is 14.7 Å². The lowest BCUT2D eigenvalue weighted by atomic mass is 9.84. The normalized spacial score (nSPS) is 23.7. The fourth-order valence-corrected chi connectivity index (χ4v) is 9.01. The van der Waals surface area contributed by atoms with Crippen LogP contribution in [0.1, 0.15) is 74.3 Å². The van der Waals surface area contributed by atoms with E-state index in [2.05, 4.69) is 11.4 Å². The quantitative estimate of drug-likeness (QED) is 0.380. The van der Waals surface area contributed by atoms with Gasteiger partial charge >= 0.3 is 12.0 Å². The summed E-state index contributed by atoms with van der Waals surface area (Å²) in [6, 6.07) is 17.0. The predicted octanol–water partition coefficient (Wildman–Crippen LogP) is 5.61. The van der Waals surface area contributed by atoms with Crippen molar-refractivity contribution >= 4 is 41.3 Å². The maximum absolute atomic E-state index is 14.1. The monoisotopic (exact) mass is 632 g/mol. The van der Waals surface area contributed by atoms with Gasteiger partial charge in [-0.05, 0) is 48.8 Å². The lowest BCUT2D eigenvalue weighted by molar-refractivity contribution is -0.154. The lowest BCUT2D eigenvalue weighted by Crippen LogP contribution is -2.50. The number of para-hydroxylation sites is 1. The van der Waals surface area contributed by atoms with Gasteiger partial charge in [0.15, 0.2) is 0 Å². The number of anilines is 1. The number of fused-ring (bicyclic) bond motifs is 1. The van der Waals surface area contributed by atoms with E-state index in [-0.39, 0.29) is 41.7 Å². The van der Waals surface area contributed by atoms with Crippen LogP contribution in [0, 0.1) is 5.92 Å². The molecule has 9 nitrogen and oxygen atoms in total. The Bertz CT molecular complexity index is 1380. The van der Waals surface area contributed by atoms with Crippen molar-refractivity contribution in [2.24, 2.45) is 5.92 Å². The minimum Gasteiger partial charge on any atom is -0.467 e. The number of hydrogen-bond acceptors (Lipinski definition) is 6. The van der Waals surface area contributed by atoms with E-state index in [9.17, 15) is 19.2 Å². The molecule has 1 aliphatic carbocycles. The minimum atomic E-state index is -0.676. The summed E-state index contributed by atoms with van der Waals surface area (Å²) in [5.41, 5.74) is 2.95. The molecule has 3 heterocycles. The molecule has 2 unspecified atom stereocenters. The molecule has 2 saturated heterocycles. The number of amides is 4. The highest BCUT2D eigenvalue weighted by Crippen LogP contribution is 2.47. The second-order valence-corrected chi connectivity index (χ2v) is 14.0. The molecule has 0 aromatic heterocycles. The molecule has 240 valence electrons. The van der Waals surface area contributed by atoms with E-state index in [0.29, 0.717) is 44.8 Å². The summed E-state index contributed by atoms with van der Waals surface area (Å²) in [7, 11) is 1.39. The fourth-order valence-electron chi connectivity index (χ4n) is 7.52. The number of benzene rings is 2. The van der Waals surface area contributed by atoms with Crippen LogP contribution in [0.15, 0.2) is 54.6 Å². The van der Waals surface area contributed by atoms with E-state index in [0.717, 1.165) is 48.9 Å². The van der Waals surface area contributed by atoms with Crippen LogP contribution in [0.25, 0.3) is 0 Å². The number of carbonyl (C=O) groups excluding carboxylic acids is 4. The first-order chi connectivity index (χ1) is 21.9. The van der Waals surface area contributed by atoms with Gasteiger partial charge in [0.2, 0.25) is 11.8 Å². The molecule has 0 radical (unpaired) electrons. The molecule has 3 fully saturated rings. The Balaban J connectivity index is 1.11. The molecule has 6 rings (SSSR count). The van der Waals surface area contributed by atoms with Crippen LogP contribution in [-0.2, 0) is 25.5 Å². The Labute approximate surface area is 270 Å². The zero-order chi connectivity index (χ0) is 31.3.